The monoisotopic (exact) mass is 343 g/mol. The minimum Gasteiger partial charge on any atom is -1.00 e. The van der Waals surface area contributed by atoms with Crippen molar-refractivity contribution in [2.45, 2.75) is 33.2 Å². The summed E-state index contributed by atoms with van der Waals surface area (Å²) in [5, 5.41) is 8.37. The number of nitrogens with zero attached hydrogens (tertiary/aromatic N) is 3. The Balaban J connectivity index is 0.00000361. The highest BCUT2D eigenvalue weighted by molar-refractivity contribution is 5.37. The van der Waals surface area contributed by atoms with E-state index in [2.05, 4.69) is 43.4 Å². The molecule has 0 aliphatic heterocycles. The van der Waals surface area contributed by atoms with Gasteiger partial charge in [0.05, 0.1) is 26.3 Å². The molecule has 0 bridgehead atoms. The van der Waals surface area contributed by atoms with Crippen molar-refractivity contribution in [1.29, 1.82) is 0 Å². The molecule has 0 spiro atoms. The lowest BCUT2D eigenvalue weighted by molar-refractivity contribution is -1.09. The fourth-order valence-corrected chi connectivity index (χ4v) is 1.86. The van der Waals surface area contributed by atoms with Gasteiger partial charge in [0.2, 0.25) is 0 Å². The first-order chi connectivity index (χ1) is 9.07. The summed E-state index contributed by atoms with van der Waals surface area (Å²) in [5.41, 5.74) is 2.16. The molecule has 0 saturated heterocycles. The van der Waals surface area contributed by atoms with E-state index in [1.165, 1.54) is 5.56 Å². The van der Waals surface area contributed by atoms with Crippen LogP contribution in [0.5, 0.6) is 0 Å². The van der Waals surface area contributed by atoms with E-state index in [1.54, 1.807) is 0 Å². The van der Waals surface area contributed by atoms with Crippen molar-refractivity contribution in [3.63, 3.8) is 0 Å². The standard InChI is InChI=1S/C15H26N3O.BrH/c1-5-7-12-16-17-15-10-8-14(9-11-15)13-18(3,4)19-6-2;/h8-11H,5-7,12-13H2,1-4H3;1H/q+1;/p-1. The Bertz CT molecular complexity index is 391. The first-order valence-corrected chi connectivity index (χ1v) is 7.01. The average molecular weight is 344 g/mol. The maximum Gasteiger partial charge on any atom is 0.134 e. The zero-order valence-electron chi connectivity index (χ0n) is 13.0. The molecule has 0 N–H and O–H groups in total. The number of hydrogen-bond donors (Lipinski definition) is 0. The molecular weight excluding hydrogens is 318 g/mol. The Morgan fingerprint density at radius 3 is 2.30 bits per heavy atom. The Morgan fingerprint density at radius 1 is 1.10 bits per heavy atom. The normalized spacial score (nSPS) is 11.6. The molecule has 0 heterocycles. The molecule has 0 atom stereocenters. The van der Waals surface area contributed by atoms with Crippen LogP contribution in [0.25, 0.3) is 0 Å². The topological polar surface area (TPSA) is 34.0 Å². The van der Waals surface area contributed by atoms with Crippen LogP contribution in [-0.4, -0.2) is 31.9 Å². The van der Waals surface area contributed by atoms with Crippen molar-refractivity contribution in [3.05, 3.63) is 29.8 Å². The summed E-state index contributed by atoms with van der Waals surface area (Å²) in [4.78, 5) is 5.65. The summed E-state index contributed by atoms with van der Waals surface area (Å²) in [7, 11) is 4.11. The van der Waals surface area contributed by atoms with E-state index in [0.29, 0.717) is 4.65 Å². The lowest BCUT2D eigenvalue weighted by Gasteiger charge is -2.26. The summed E-state index contributed by atoms with van der Waals surface area (Å²) in [5.74, 6) is 0. The van der Waals surface area contributed by atoms with Crippen molar-refractivity contribution >= 4 is 5.69 Å². The van der Waals surface area contributed by atoms with Crippen LogP contribution in [0.4, 0.5) is 5.69 Å². The zero-order valence-corrected chi connectivity index (χ0v) is 14.6. The number of quaternary nitrogens is 1. The van der Waals surface area contributed by atoms with Crippen LogP contribution in [0.1, 0.15) is 32.3 Å². The third-order valence-electron chi connectivity index (χ3n) is 2.78. The van der Waals surface area contributed by atoms with E-state index in [4.69, 9.17) is 4.84 Å². The van der Waals surface area contributed by atoms with Gasteiger partial charge in [0, 0.05) is 5.56 Å². The number of benzene rings is 1. The second-order valence-electron chi connectivity index (χ2n) is 5.13. The number of unbranched alkanes of at least 4 members (excludes halogenated alkanes) is 1. The molecule has 1 aromatic carbocycles. The first-order valence-electron chi connectivity index (χ1n) is 7.01. The van der Waals surface area contributed by atoms with Gasteiger partial charge >= 0.3 is 0 Å². The van der Waals surface area contributed by atoms with Gasteiger partial charge in [-0.25, -0.2) is 4.84 Å². The van der Waals surface area contributed by atoms with Gasteiger partial charge in [-0.2, -0.15) is 14.9 Å². The molecule has 5 heteroatoms. The molecule has 0 amide bonds. The molecule has 0 radical (unpaired) electrons. The lowest BCUT2D eigenvalue weighted by Crippen LogP contribution is -3.00. The number of rotatable bonds is 8. The molecule has 0 aliphatic rings. The maximum atomic E-state index is 5.65. The van der Waals surface area contributed by atoms with Gasteiger partial charge in [-0.3, -0.25) is 0 Å². The number of azo groups is 1. The van der Waals surface area contributed by atoms with Crippen molar-refractivity contribution in [3.8, 4) is 0 Å². The predicted octanol–water partition coefficient (Wildman–Crippen LogP) is 1.10. The van der Waals surface area contributed by atoms with Crippen molar-refractivity contribution < 1.29 is 26.5 Å². The Kier molecular flexibility index (Phi) is 9.63. The molecular formula is C15H26BrN3O. The molecule has 114 valence electrons. The largest absolute Gasteiger partial charge is 1.00 e. The van der Waals surface area contributed by atoms with Gasteiger partial charge in [-0.15, -0.1) is 0 Å². The van der Waals surface area contributed by atoms with Crippen LogP contribution in [0, 0.1) is 0 Å². The van der Waals surface area contributed by atoms with Crippen LogP contribution in [-0.2, 0) is 11.4 Å². The fraction of sp³-hybridized carbons (Fsp3) is 0.600. The third kappa shape index (κ3) is 7.72. The second kappa shape index (κ2) is 10.0. The zero-order chi connectivity index (χ0) is 14.1. The molecule has 0 unspecified atom stereocenters. The smallest absolute Gasteiger partial charge is 0.134 e. The van der Waals surface area contributed by atoms with Crippen LogP contribution in [0.2, 0.25) is 0 Å². The molecule has 20 heavy (non-hydrogen) atoms. The highest BCUT2D eigenvalue weighted by atomic mass is 79.9. The summed E-state index contributed by atoms with van der Waals surface area (Å²) in [6.45, 7) is 6.55. The van der Waals surface area contributed by atoms with E-state index < -0.39 is 0 Å². The minimum absolute atomic E-state index is 0. The van der Waals surface area contributed by atoms with Crippen LogP contribution in [0.15, 0.2) is 34.5 Å². The van der Waals surface area contributed by atoms with E-state index in [9.17, 15) is 0 Å². The molecule has 1 aromatic rings. The summed E-state index contributed by atoms with van der Waals surface area (Å²) in [6, 6.07) is 8.20. The Hall–Kier alpha value is -0.780. The molecule has 0 aromatic heterocycles. The van der Waals surface area contributed by atoms with Gasteiger partial charge in [0.15, 0.2) is 0 Å². The van der Waals surface area contributed by atoms with Crippen LogP contribution >= 0.6 is 0 Å². The van der Waals surface area contributed by atoms with Crippen molar-refractivity contribution in [1.82, 2.24) is 0 Å². The molecule has 1 rings (SSSR count). The van der Waals surface area contributed by atoms with Gasteiger partial charge in [0.25, 0.3) is 0 Å². The van der Waals surface area contributed by atoms with Crippen molar-refractivity contribution in [2.75, 3.05) is 27.2 Å². The van der Waals surface area contributed by atoms with Gasteiger partial charge in [0.1, 0.15) is 13.2 Å². The first kappa shape index (κ1) is 19.2. The van der Waals surface area contributed by atoms with Crippen molar-refractivity contribution in [2.24, 2.45) is 10.2 Å². The second-order valence-corrected chi connectivity index (χ2v) is 5.13. The quantitative estimate of drug-likeness (QED) is 0.301. The van der Waals surface area contributed by atoms with E-state index in [1.807, 2.05) is 19.1 Å². The van der Waals surface area contributed by atoms with Gasteiger partial charge < -0.3 is 17.0 Å². The lowest BCUT2D eigenvalue weighted by atomic mass is 10.2. The Labute approximate surface area is 133 Å². The minimum atomic E-state index is 0. The van der Waals surface area contributed by atoms with E-state index in [-0.39, 0.29) is 17.0 Å². The van der Waals surface area contributed by atoms with Gasteiger partial charge in [-0.05, 0) is 25.5 Å². The summed E-state index contributed by atoms with van der Waals surface area (Å²) < 4.78 is 0.536. The molecule has 0 fully saturated rings. The third-order valence-corrected chi connectivity index (χ3v) is 2.78. The number of halogens is 1. The van der Waals surface area contributed by atoms with Crippen LogP contribution < -0.4 is 17.0 Å². The molecule has 0 saturated carbocycles. The number of hydroxylamine groups is 3. The van der Waals surface area contributed by atoms with Gasteiger partial charge in [-0.1, -0.05) is 25.5 Å². The highest BCUT2D eigenvalue weighted by Gasteiger charge is 2.16. The Morgan fingerprint density at radius 2 is 1.75 bits per heavy atom. The average Bonchev–Trinajstić information content (AvgIpc) is 2.36. The highest BCUT2D eigenvalue weighted by Crippen LogP contribution is 2.16. The molecule has 0 aliphatic carbocycles. The maximum absolute atomic E-state index is 5.65. The predicted molar refractivity (Wildman–Crippen MR) is 78.2 cm³/mol. The molecule has 4 nitrogen and oxygen atoms in total. The van der Waals surface area contributed by atoms with E-state index >= 15 is 0 Å². The summed E-state index contributed by atoms with van der Waals surface area (Å²) >= 11 is 0. The SMILES string of the molecule is CCCCN=Nc1ccc(C[N+](C)(C)OCC)cc1.[Br-]. The van der Waals surface area contributed by atoms with E-state index in [0.717, 1.165) is 38.2 Å². The summed E-state index contributed by atoms with van der Waals surface area (Å²) in [6.07, 6.45) is 2.25. The van der Waals surface area contributed by atoms with Crippen LogP contribution in [0.3, 0.4) is 0 Å². The fourth-order valence-electron chi connectivity index (χ4n) is 1.86. The number of hydrogen-bond acceptors (Lipinski definition) is 3.